The maximum atomic E-state index is 12.5. The Morgan fingerprint density at radius 1 is 1.31 bits per heavy atom. The first-order valence-electron chi connectivity index (χ1n) is 9.91. The maximum absolute atomic E-state index is 12.5. The van der Waals surface area contributed by atoms with Crippen molar-refractivity contribution in [2.75, 3.05) is 18.5 Å². The number of carbonyl (C=O) groups excluding carboxylic acids is 4. The third-order valence-corrected chi connectivity index (χ3v) is 6.91. The highest BCUT2D eigenvalue weighted by atomic mass is 32.1. The molecule has 4 atom stereocenters. The van der Waals surface area contributed by atoms with Gasteiger partial charge in [-0.15, -0.1) is 11.3 Å². The smallest absolute Gasteiger partial charge is 0.311 e. The topological polar surface area (TPSA) is 119 Å². The molecule has 0 spiro atoms. The van der Waals surface area contributed by atoms with E-state index in [-0.39, 0.29) is 23.9 Å². The van der Waals surface area contributed by atoms with Crippen molar-refractivity contribution < 1.29 is 23.9 Å². The largest absolute Gasteiger partial charge is 0.455 e. The lowest BCUT2D eigenvalue weighted by atomic mass is 9.77. The first-order valence-corrected chi connectivity index (χ1v) is 10.8. The first kappa shape index (κ1) is 21.3. The molecule has 29 heavy (non-hydrogen) atoms. The predicted molar refractivity (Wildman–Crippen MR) is 108 cm³/mol. The van der Waals surface area contributed by atoms with Gasteiger partial charge in [-0.05, 0) is 29.7 Å². The van der Waals surface area contributed by atoms with Crippen LogP contribution in [0, 0.1) is 17.8 Å². The molecular weight excluding hydrogens is 394 g/mol. The standard InChI is InChI=1S/C20H27N3O5S/c1-11-4-3-5-15(12(11)2)23-9-13(8-17(23)25)20(27)28-10-16(24)22-19-14(18(21)26)6-7-29-19/h6-7,11-13,15H,3-5,8-10H2,1-2H3,(H2,21,26)(H,22,24)/t11-,12-,13-,15-/m1/s1. The van der Waals surface area contributed by atoms with Crippen molar-refractivity contribution in [3.8, 4) is 0 Å². The lowest BCUT2D eigenvalue weighted by Crippen LogP contribution is -2.45. The van der Waals surface area contributed by atoms with E-state index in [1.54, 1.807) is 5.38 Å². The van der Waals surface area contributed by atoms with E-state index in [0.717, 1.165) is 24.2 Å². The summed E-state index contributed by atoms with van der Waals surface area (Å²) in [6.07, 6.45) is 3.34. The molecule has 1 aliphatic carbocycles. The number of likely N-dealkylation sites (tertiary alicyclic amines) is 1. The van der Waals surface area contributed by atoms with Gasteiger partial charge in [-0.1, -0.05) is 26.7 Å². The fourth-order valence-corrected chi connectivity index (χ4v) is 5.03. The van der Waals surface area contributed by atoms with Gasteiger partial charge in [0.1, 0.15) is 5.00 Å². The summed E-state index contributed by atoms with van der Waals surface area (Å²) >= 11 is 1.16. The van der Waals surface area contributed by atoms with Gasteiger partial charge in [-0.25, -0.2) is 0 Å². The maximum Gasteiger partial charge on any atom is 0.311 e. The molecule has 0 radical (unpaired) electrons. The summed E-state index contributed by atoms with van der Waals surface area (Å²) in [6, 6.07) is 1.68. The van der Waals surface area contributed by atoms with E-state index < -0.39 is 30.3 Å². The van der Waals surface area contributed by atoms with Crippen LogP contribution in [-0.2, 0) is 19.1 Å². The highest BCUT2D eigenvalue weighted by Gasteiger charge is 2.42. The summed E-state index contributed by atoms with van der Waals surface area (Å²) in [4.78, 5) is 50.1. The number of amides is 3. The number of ether oxygens (including phenoxy) is 1. The van der Waals surface area contributed by atoms with Crippen molar-refractivity contribution in [3.05, 3.63) is 17.0 Å². The first-order chi connectivity index (χ1) is 13.8. The number of esters is 1. The van der Waals surface area contributed by atoms with Crippen molar-refractivity contribution in [1.82, 2.24) is 4.90 Å². The van der Waals surface area contributed by atoms with E-state index in [1.165, 1.54) is 12.5 Å². The van der Waals surface area contributed by atoms with Gasteiger partial charge in [0, 0.05) is 19.0 Å². The number of hydrogen-bond acceptors (Lipinski definition) is 6. The van der Waals surface area contributed by atoms with Crippen LogP contribution in [0.3, 0.4) is 0 Å². The predicted octanol–water partition coefficient (Wildman–Crippen LogP) is 2.00. The Bertz CT molecular complexity index is 808. The van der Waals surface area contributed by atoms with Crippen LogP contribution in [0.4, 0.5) is 5.00 Å². The second-order valence-electron chi connectivity index (χ2n) is 7.97. The van der Waals surface area contributed by atoms with Crippen LogP contribution in [0.2, 0.25) is 0 Å². The molecule has 1 aliphatic heterocycles. The molecule has 2 fully saturated rings. The third-order valence-electron chi connectivity index (χ3n) is 6.09. The Balaban J connectivity index is 1.51. The molecule has 0 bridgehead atoms. The number of nitrogens with two attached hydrogens (primary N) is 1. The average molecular weight is 422 g/mol. The van der Waals surface area contributed by atoms with E-state index in [9.17, 15) is 19.2 Å². The average Bonchev–Trinajstić information content (AvgIpc) is 3.29. The number of anilines is 1. The van der Waals surface area contributed by atoms with Gasteiger partial charge >= 0.3 is 5.97 Å². The molecule has 2 aliphatic rings. The number of thiophene rings is 1. The number of rotatable bonds is 6. The lowest BCUT2D eigenvalue weighted by molar-refractivity contribution is -0.151. The lowest BCUT2D eigenvalue weighted by Gasteiger charge is -2.39. The van der Waals surface area contributed by atoms with Crippen molar-refractivity contribution in [1.29, 1.82) is 0 Å². The molecule has 0 aromatic carbocycles. The van der Waals surface area contributed by atoms with E-state index in [1.807, 2.05) is 4.90 Å². The molecule has 9 heteroatoms. The van der Waals surface area contributed by atoms with Gasteiger partial charge in [0.25, 0.3) is 11.8 Å². The van der Waals surface area contributed by atoms with Crippen LogP contribution >= 0.6 is 11.3 Å². The van der Waals surface area contributed by atoms with Gasteiger partial charge < -0.3 is 20.7 Å². The molecule has 1 saturated carbocycles. The summed E-state index contributed by atoms with van der Waals surface area (Å²) in [5.41, 5.74) is 5.45. The Morgan fingerprint density at radius 3 is 2.79 bits per heavy atom. The molecule has 3 rings (SSSR count). The number of primary amides is 1. The molecule has 1 saturated heterocycles. The van der Waals surface area contributed by atoms with Crippen LogP contribution in [0.25, 0.3) is 0 Å². The summed E-state index contributed by atoms with van der Waals surface area (Å²) in [5, 5.41) is 4.47. The fraction of sp³-hybridized carbons (Fsp3) is 0.600. The quantitative estimate of drug-likeness (QED) is 0.681. The Labute approximate surface area is 173 Å². The number of nitrogens with one attached hydrogen (secondary N) is 1. The van der Waals surface area contributed by atoms with Crippen molar-refractivity contribution >= 4 is 40.0 Å². The van der Waals surface area contributed by atoms with Gasteiger partial charge in [-0.2, -0.15) is 0 Å². The van der Waals surface area contributed by atoms with E-state index in [0.29, 0.717) is 23.4 Å². The second-order valence-corrected chi connectivity index (χ2v) is 8.88. The van der Waals surface area contributed by atoms with Crippen molar-refractivity contribution in [3.63, 3.8) is 0 Å². The molecule has 1 aromatic heterocycles. The summed E-state index contributed by atoms with van der Waals surface area (Å²) in [7, 11) is 0. The number of hydrogen-bond donors (Lipinski definition) is 2. The van der Waals surface area contributed by atoms with Gasteiger partial charge in [-0.3, -0.25) is 19.2 Å². The minimum atomic E-state index is -0.644. The normalized spacial score (nSPS) is 27.0. The van der Waals surface area contributed by atoms with Crippen molar-refractivity contribution in [2.45, 2.75) is 45.6 Å². The van der Waals surface area contributed by atoms with Crippen LogP contribution < -0.4 is 11.1 Å². The van der Waals surface area contributed by atoms with E-state index in [4.69, 9.17) is 10.5 Å². The number of carbonyl (C=O) groups is 4. The van der Waals surface area contributed by atoms with Crippen LogP contribution in [0.1, 0.15) is 49.9 Å². The molecule has 3 amide bonds. The van der Waals surface area contributed by atoms with Crippen LogP contribution in [0.5, 0.6) is 0 Å². The molecule has 0 unspecified atom stereocenters. The minimum absolute atomic E-state index is 0.0213. The zero-order valence-electron chi connectivity index (χ0n) is 16.7. The van der Waals surface area contributed by atoms with Crippen molar-refractivity contribution in [2.24, 2.45) is 23.5 Å². The second kappa shape index (κ2) is 8.94. The molecule has 2 heterocycles. The third kappa shape index (κ3) is 4.77. The summed E-state index contributed by atoms with van der Waals surface area (Å²) in [6.45, 7) is 4.25. The zero-order valence-corrected chi connectivity index (χ0v) is 17.5. The van der Waals surface area contributed by atoms with Gasteiger partial charge in [0.2, 0.25) is 5.91 Å². The van der Waals surface area contributed by atoms with Crippen LogP contribution in [0.15, 0.2) is 11.4 Å². The zero-order chi connectivity index (χ0) is 21.1. The number of nitrogens with zero attached hydrogens (tertiary/aromatic N) is 1. The minimum Gasteiger partial charge on any atom is -0.455 e. The molecule has 8 nitrogen and oxygen atoms in total. The highest BCUT2D eigenvalue weighted by molar-refractivity contribution is 7.14. The Morgan fingerprint density at radius 2 is 2.07 bits per heavy atom. The summed E-state index contributed by atoms with van der Waals surface area (Å²) in [5.74, 6) is -1.37. The monoisotopic (exact) mass is 421 g/mol. The van der Waals surface area contributed by atoms with E-state index in [2.05, 4.69) is 19.2 Å². The Hall–Kier alpha value is -2.42. The highest BCUT2D eigenvalue weighted by Crippen LogP contribution is 2.36. The molecule has 158 valence electrons. The van der Waals surface area contributed by atoms with Gasteiger partial charge in [0.15, 0.2) is 6.61 Å². The SMILES string of the molecule is C[C@@H]1[C@H](C)CCC[C@H]1N1C[C@H](C(=O)OCC(=O)Nc2sccc2C(N)=O)CC1=O. The Kier molecular flexibility index (Phi) is 6.56. The molecule has 3 N–H and O–H groups in total. The van der Waals surface area contributed by atoms with Crippen LogP contribution in [-0.4, -0.2) is 47.8 Å². The van der Waals surface area contributed by atoms with E-state index >= 15 is 0 Å². The molecular formula is C20H27N3O5S. The van der Waals surface area contributed by atoms with Gasteiger partial charge in [0.05, 0.1) is 11.5 Å². The summed E-state index contributed by atoms with van der Waals surface area (Å²) < 4.78 is 5.13. The molecule has 1 aromatic rings. The fourth-order valence-electron chi connectivity index (χ4n) is 4.22.